The van der Waals surface area contributed by atoms with Crippen LogP contribution in [0.2, 0.25) is 0 Å². The van der Waals surface area contributed by atoms with Crippen LogP contribution in [0.1, 0.15) is 11.1 Å². The lowest BCUT2D eigenvalue weighted by Crippen LogP contribution is -2.19. The molecule has 168 valence electrons. The van der Waals surface area contributed by atoms with Crippen LogP contribution in [0.3, 0.4) is 0 Å². The molecule has 0 unspecified atom stereocenters. The van der Waals surface area contributed by atoms with E-state index in [-0.39, 0.29) is 18.4 Å². The number of nitrogens with one attached hydrogen (secondary N) is 2. The van der Waals surface area contributed by atoms with Crippen LogP contribution in [-0.4, -0.2) is 21.5 Å². The third-order valence-corrected chi connectivity index (χ3v) is 6.27. The first kappa shape index (κ1) is 21.7. The summed E-state index contributed by atoms with van der Waals surface area (Å²) >= 11 is 1.31. The van der Waals surface area contributed by atoms with E-state index in [1.165, 1.54) is 11.8 Å². The Bertz CT molecular complexity index is 1450. The number of aryl methyl sites for hydroxylation is 1. The van der Waals surface area contributed by atoms with Crippen molar-refractivity contribution in [1.29, 1.82) is 0 Å². The molecule has 0 spiro atoms. The molecule has 0 saturated carbocycles. The Morgan fingerprint density at radius 3 is 2.68 bits per heavy atom. The summed E-state index contributed by atoms with van der Waals surface area (Å²) in [5.74, 6) is -0.304. The number of carbonyl (C=O) groups is 2. The molecule has 1 saturated heterocycles. The Labute approximate surface area is 201 Å². The van der Waals surface area contributed by atoms with Crippen molar-refractivity contribution in [3.8, 4) is 0 Å². The zero-order chi connectivity index (χ0) is 23.5. The van der Waals surface area contributed by atoms with Crippen LogP contribution in [0.25, 0.3) is 17.0 Å². The largest absolute Gasteiger partial charge is 0.337 e. The van der Waals surface area contributed by atoms with Gasteiger partial charge in [-0.2, -0.15) is 0 Å². The van der Waals surface area contributed by atoms with E-state index < -0.39 is 0 Å². The van der Waals surface area contributed by atoms with E-state index in [9.17, 15) is 9.59 Å². The van der Waals surface area contributed by atoms with E-state index in [4.69, 9.17) is 0 Å². The zero-order valence-corrected chi connectivity index (χ0v) is 19.3. The van der Waals surface area contributed by atoms with E-state index >= 15 is 0 Å². The smallest absolute Gasteiger partial charge is 0.264 e. The number of nitrogens with zero attached hydrogens (tertiary/aromatic N) is 2. The van der Waals surface area contributed by atoms with Gasteiger partial charge in [-0.05, 0) is 60.7 Å². The van der Waals surface area contributed by atoms with Gasteiger partial charge in [-0.1, -0.05) is 48.5 Å². The van der Waals surface area contributed by atoms with Crippen LogP contribution in [0.5, 0.6) is 0 Å². The van der Waals surface area contributed by atoms with Crippen LogP contribution in [0.4, 0.5) is 11.4 Å². The summed E-state index contributed by atoms with van der Waals surface area (Å²) in [6.07, 6.45) is 3.76. The molecule has 1 aliphatic heterocycles. The second-order valence-electron chi connectivity index (χ2n) is 7.96. The first-order valence-electron chi connectivity index (χ1n) is 10.8. The van der Waals surface area contributed by atoms with Gasteiger partial charge in [-0.25, -0.2) is 4.99 Å². The molecule has 3 aromatic carbocycles. The molecule has 1 fully saturated rings. The third kappa shape index (κ3) is 4.79. The summed E-state index contributed by atoms with van der Waals surface area (Å²) in [5.41, 5.74) is 4.46. The lowest BCUT2D eigenvalue weighted by molar-refractivity contribution is -0.117. The fourth-order valence-corrected chi connectivity index (χ4v) is 4.67. The van der Waals surface area contributed by atoms with E-state index in [0.29, 0.717) is 10.1 Å². The molecule has 4 aromatic rings. The van der Waals surface area contributed by atoms with Gasteiger partial charge in [0.2, 0.25) is 5.91 Å². The lowest BCUT2D eigenvalue weighted by Gasteiger charge is -2.07. The number of carbonyl (C=O) groups excluding carboxylic acids is 2. The molecule has 0 aliphatic carbocycles. The molecule has 7 heteroatoms. The van der Waals surface area contributed by atoms with Gasteiger partial charge in [0.05, 0.1) is 10.6 Å². The molecule has 0 radical (unpaired) electrons. The number of benzene rings is 3. The molecule has 2 amide bonds. The number of anilines is 1. The molecular weight excluding hydrogens is 444 g/mol. The minimum atomic E-state index is -0.185. The number of fused-ring (bicyclic) bond motifs is 1. The van der Waals surface area contributed by atoms with E-state index in [1.807, 2.05) is 103 Å². The molecule has 2 heterocycles. The quantitative estimate of drug-likeness (QED) is 0.383. The average molecular weight is 467 g/mol. The van der Waals surface area contributed by atoms with Gasteiger partial charge < -0.3 is 15.2 Å². The number of para-hydroxylation sites is 2. The van der Waals surface area contributed by atoms with Gasteiger partial charge in [0.25, 0.3) is 5.91 Å². The van der Waals surface area contributed by atoms with Crippen LogP contribution in [0.15, 0.2) is 95.0 Å². The summed E-state index contributed by atoms with van der Waals surface area (Å²) in [6, 6.07) is 25.0. The first-order valence-corrected chi connectivity index (χ1v) is 11.7. The number of hydrogen-bond donors (Lipinski definition) is 2. The number of amides is 2. The minimum absolute atomic E-state index is 0.119. The van der Waals surface area contributed by atoms with Gasteiger partial charge in [-0.3, -0.25) is 9.59 Å². The predicted octanol–water partition coefficient (Wildman–Crippen LogP) is 5.48. The van der Waals surface area contributed by atoms with Gasteiger partial charge in [0.15, 0.2) is 5.17 Å². The summed E-state index contributed by atoms with van der Waals surface area (Å²) < 4.78 is 1.90. The fourth-order valence-electron chi connectivity index (χ4n) is 3.83. The number of aliphatic imine (C=N–C) groups is 1. The van der Waals surface area contributed by atoms with Gasteiger partial charge in [0, 0.05) is 28.4 Å². The van der Waals surface area contributed by atoms with Crippen molar-refractivity contribution in [2.75, 3.05) is 5.32 Å². The standard InChI is InChI=1S/C27H22N4O2S/c1-18-8-7-11-21(14-18)29-27-30-26(33)24(34-27)15-19-16-31(23-13-6-5-12-22(19)23)17-25(32)28-20-9-3-2-4-10-20/h2-16H,17H2,1H3,(H,28,32)(H,29,30,33)/b24-15+. The van der Waals surface area contributed by atoms with Crippen molar-refractivity contribution in [1.82, 2.24) is 9.88 Å². The maximum absolute atomic E-state index is 12.6. The highest BCUT2D eigenvalue weighted by Crippen LogP contribution is 2.31. The molecule has 2 N–H and O–H groups in total. The molecule has 34 heavy (non-hydrogen) atoms. The van der Waals surface area contributed by atoms with Gasteiger partial charge in [-0.15, -0.1) is 0 Å². The second-order valence-corrected chi connectivity index (χ2v) is 9.00. The zero-order valence-electron chi connectivity index (χ0n) is 18.5. The van der Waals surface area contributed by atoms with Crippen LogP contribution >= 0.6 is 11.8 Å². The van der Waals surface area contributed by atoms with E-state index in [2.05, 4.69) is 15.6 Å². The van der Waals surface area contributed by atoms with E-state index in [1.54, 1.807) is 0 Å². The van der Waals surface area contributed by atoms with Gasteiger partial charge >= 0.3 is 0 Å². The first-order chi connectivity index (χ1) is 16.5. The third-order valence-electron chi connectivity index (χ3n) is 5.36. The maximum atomic E-state index is 12.6. The van der Waals surface area contributed by atoms with Crippen molar-refractivity contribution in [3.05, 3.63) is 101 Å². The average Bonchev–Trinajstić information content (AvgIpc) is 3.34. The van der Waals surface area contributed by atoms with Crippen molar-refractivity contribution < 1.29 is 9.59 Å². The van der Waals surface area contributed by atoms with Crippen molar-refractivity contribution in [3.63, 3.8) is 0 Å². The monoisotopic (exact) mass is 466 g/mol. The Hall–Kier alpha value is -4.10. The SMILES string of the molecule is Cc1cccc(N=C2NC(=O)/C(=C\c3cn(CC(=O)Nc4ccccc4)c4ccccc34)S2)c1. The summed E-state index contributed by atoms with van der Waals surface area (Å²) in [5, 5.41) is 7.28. The van der Waals surface area contributed by atoms with Crippen LogP contribution in [0, 0.1) is 6.92 Å². The lowest BCUT2D eigenvalue weighted by atomic mass is 10.1. The Kier molecular flexibility index (Phi) is 6.01. The second kappa shape index (κ2) is 9.41. The molecular formula is C27H22N4O2S. The molecule has 1 aliphatic rings. The van der Waals surface area contributed by atoms with E-state index in [0.717, 1.165) is 33.4 Å². The molecule has 6 nitrogen and oxygen atoms in total. The highest BCUT2D eigenvalue weighted by molar-refractivity contribution is 8.18. The molecule has 0 atom stereocenters. The van der Waals surface area contributed by atoms with Crippen LogP contribution in [-0.2, 0) is 16.1 Å². The molecule has 1 aromatic heterocycles. The number of rotatable bonds is 5. The minimum Gasteiger partial charge on any atom is -0.337 e. The Morgan fingerprint density at radius 1 is 1.06 bits per heavy atom. The molecule has 0 bridgehead atoms. The normalized spacial score (nSPS) is 15.7. The summed E-state index contributed by atoms with van der Waals surface area (Å²) in [4.78, 5) is 30.4. The highest BCUT2D eigenvalue weighted by atomic mass is 32.2. The van der Waals surface area contributed by atoms with Crippen molar-refractivity contribution in [2.45, 2.75) is 13.5 Å². The number of amidine groups is 1. The Balaban J connectivity index is 1.41. The predicted molar refractivity (Wildman–Crippen MR) is 139 cm³/mol. The maximum Gasteiger partial charge on any atom is 0.264 e. The fraction of sp³-hybridized carbons (Fsp3) is 0.0741. The number of thioether (sulfide) groups is 1. The van der Waals surface area contributed by atoms with Crippen molar-refractivity contribution in [2.24, 2.45) is 4.99 Å². The molecule has 5 rings (SSSR count). The number of aromatic nitrogens is 1. The van der Waals surface area contributed by atoms with Crippen molar-refractivity contribution >= 4 is 57.1 Å². The highest BCUT2D eigenvalue weighted by Gasteiger charge is 2.24. The summed E-state index contributed by atoms with van der Waals surface area (Å²) in [6.45, 7) is 2.17. The Morgan fingerprint density at radius 2 is 1.85 bits per heavy atom. The number of hydrogen-bond acceptors (Lipinski definition) is 4. The summed E-state index contributed by atoms with van der Waals surface area (Å²) in [7, 11) is 0. The van der Waals surface area contributed by atoms with Gasteiger partial charge in [0.1, 0.15) is 6.54 Å². The topological polar surface area (TPSA) is 75.5 Å². The van der Waals surface area contributed by atoms with Crippen LogP contribution < -0.4 is 10.6 Å².